The molecule has 5 atom stereocenters. The Morgan fingerprint density at radius 2 is 1.95 bits per heavy atom. The lowest BCUT2D eigenvalue weighted by Crippen LogP contribution is -2.70. The van der Waals surface area contributed by atoms with Crippen LogP contribution < -0.4 is 14.8 Å². The van der Waals surface area contributed by atoms with Gasteiger partial charge >= 0.3 is 0 Å². The number of carbonyl (C=O) groups is 2. The first-order valence-electron chi connectivity index (χ1n) is 14.4. The van der Waals surface area contributed by atoms with Crippen LogP contribution in [0.25, 0.3) is 10.8 Å². The van der Waals surface area contributed by atoms with Crippen LogP contribution >= 0.6 is 0 Å². The maximum atomic E-state index is 13.1. The topological polar surface area (TPSA) is 144 Å². The van der Waals surface area contributed by atoms with Gasteiger partial charge in [0.15, 0.2) is 11.9 Å². The van der Waals surface area contributed by atoms with Crippen molar-refractivity contribution < 1.29 is 52.6 Å². The number of amides is 1. The molecule has 12 nitrogen and oxygen atoms in total. The number of phenols is 1. The van der Waals surface area contributed by atoms with Crippen molar-refractivity contribution in [3.8, 4) is 17.2 Å². The molecule has 42 heavy (non-hydrogen) atoms. The van der Waals surface area contributed by atoms with Crippen LogP contribution in [0.3, 0.4) is 0 Å². The number of epoxide rings is 1. The first-order valence-corrected chi connectivity index (χ1v) is 14.4. The van der Waals surface area contributed by atoms with Crippen molar-refractivity contribution in [2.45, 2.75) is 68.8 Å². The van der Waals surface area contributed by atoms with Crippen LogP contribution in [0.4, 0.5) is 0 Å². The molecule has 5 heterocycles. The van der Waals surface area contributed by atoms with Crippen molar-refractivity contribution in [2.75, 3.05) is 40.6 Å². The third-order valence-corrected chi connectivity index (χ3v) is 9.70. The number of phenolic OH excluding ortho intramolecular Hbond substituents is 1. The Balaban J connectivity index is 1.26. The Bertz CT molecular complexity index is 1540. The number of benzene rings is 2. The maximum absolute atomic E-state index is 13.1. The van der Waals surface area contributed by atoms with Gasteiger partial charge in [-0.25, -0.2) is 0 Å². The van der Waals surface area contributed by atoms with E-state index in [1.54, 1.807) is 7.11 Å². The molecule has 0 aromatic heterocycles. The highest BCUT2D eigenvalue weighted by Gasteiger charge is 2.93. The van der Waals surface area contributed by atoms with E-state index in [-0.39, 0.29) is 35.5 Å². The van der Waals surface area contributed by atoms with E-state index >= 15 is 0 Å². The van der Waals surface area contributed by atoms with Gasteiger partial charge in [0.2, 0.25) is 17.8 Å². The summed E-state index contributed by atoms with van der Waals surface area (Å²) in [5, 5.41) is 15.5. The zero-order chi connectivity index (χ0) is 29.2. The summed E-state index contributed by atoms with van der Waals surface area (Å²) in [6.07, 6.45) is -0.685. The number of rotatable bonds is 5. The van der Waals surface area contributed by atoms with Gasteiger partial charge in [-0.05, 0) is 31.4 Å². The Hall–Kier alpha value is -3.00. The second-order valence-corrected chi connectivity index (χ2v) is 12.0. The molecule has 0 radical (unpaired) electrons. The molecule has 0 unspecified atom stereocenters. The molecule has 0 saturated carbocycles. The largest absolute Gasteiger partial charge is 0.506 e. The molecule has 2 N–H and O–H groups in total. The zero-order valence-corrected chi connectivity index (χ0v) is 23.9. The molecule has 4 fully saturated rings. The lowest BCUT2D eigenvalue weighted by atomic mass is 9.78. The molecule has 2 aromatic rings. The molecule has 2 aromatic carbocycles. The first kappa shape index (κ1) is 26.6. The van der Waals surface area contributed by atoms with Crippen LogP contribution in [-0.2, 0) is 39.6 Å². The van der Waals surface area contributed by atoms with E-state index < -0.39 is 35.7 Å². The normalized spacial score (nSPS) is 37.4. The number of aryl methyl sites for hydroxylation is 1. The van der Waals surface area contributed by atoms with Crippen molar-refractivity contribution in [1.29, 1.82) is 0 Å². The molecule has 1 amide bonds. The standard InChI is InChI=1S/C30H33NO11/c1-13-8-17-21(22(34)20-16(23(17)35-3)6-5-7-18(20)33)24-19(13)25-26-29(36-4,40-24)28(12-39-28)30(41-25,42-26)27-37-10-15(11-38-27)9-31-14(2)32/h8,15,25-27,34H,5-7,9-12H2,1-4H3,(H,31,32)/t15?,25-,26-,27?,28-,29+,30-/m0/s1. The average Bonchev–Trinajstić information content (AvgIpc) is 3.63. The minimum atomic E-state index is -1.48. The third-order valence-electron chi connectivity index (χ3n) is 9.70. The van der Waals surface area contributed by atoms with E-state index in [2.05, 4.69) is 5.32 Å². The Labute approximate surface area is 241 Å². The molecule has 1 aliphatic carbocycles. The summed E-state index contributed by atoms with van der Waals surface area (Å²) >= 11 is 0. The van der Waals surface area contributed by atoms with E-state index in [0.717, 1.165) is 5.56 Å². The molecular formula is C30H33NO11. The number of ether oxygens (including phenoxy) is 8. The number of carbonyl (C=O) groups excluding carboxylic acids is 2. The van der Waals surface area contributed by atoms with Gasteiger partial charge in [0.1, 0.15) is 23.4 Å². The highest BCUT2D eigenvalue weighted by molar-refractivity contribution is 6.11. The Kier molecular flexibility index (Phi) is 5.56. The van der Waals surface area contributed by atoms with Crippen molar-refractivity contribution >= 4 is 22.5 Å². The quantitative estimate of drug-likeness (QED) is 0.500. The number of aromatic hydroxyl groups is 1. The molecule has 1 spiro atoms. The highest BCUT2D eigenvalue weighted by Crippen LogP contribution is 2.72. The summed E-state index contributed by atoms with van der Waals surface area (Å²) in [6, 6.07) is 1.93. The van der Waals surface area contributed by atoms with Gasteiger partial charge in [-0.15, -0.1) is 0 Å². The summed E-state index contributed by atoms with van der Waals surface area (Å²) < 4.78 is 50.7. The molecule has 12 heteroatoms. The van der Waals surface area contributed by atoms with Gasteiger partial charge < -0.3 is 48.3 Å². The molecule has 224 valence electrons. The van der Waals surface area contributed by atoms with Crippen LogP contribution in [-0.4, -0.2) is 87.0 Å². The Morgan fingerprint density at radius 3 is 2.62 bits per heavy atom. The summed E-state index contributed by atoms with van der Waals surface area (Å²) in [5.74, 6) is -2.47. The van der Waals surface area contributed by atoms with E-state index in [9.17, 15) is 14.7 Å². The lowest BCUT2D eigenvalue weighted by molar-refractivity contribution is -0.370. The molecule has 8 rings (SSSR count). The van der Waals surface area contributed by atoms with Crippen molar-refractivity contribution in [2.24, 2.45) is 5.92 Å². The third kappa shape index (κ3) is 3.07. The summed E-state index contributed by atoms with van der Waals surface area (Å²) in [4.78, 5) is 24.4. The predicted octanol–water partition coefficient (Wildman–Crippen LogP) is 2.18. The van der Waals surface area contributed by atoms with Gasteiger partial charge in [0, 0.05) is 49.4 Å². The van der Waals surface area contributed by atoms with Crippen LogP contribution in [0.2, 0.25) is 0 Å². The first-order chi connectivity index (χ1) is 20.2. The van der Waals surface area contributed by atoms with Crippen molar-refractivity contribution in [3.05, 3.63) is 28.3 Å². The number of hydrogen-bond donors (Lipinski definition) is 2. The SMILES string of the molecule is COc1c2c(c(O)c3c4c(c(C)cc13)[C@@H]1O[C@@]3(C5OCC(CNC(C)=O)CO5)O[C@@H]1[C@@](OC)(O4)[C@@]31CO1)C(=O)CCC2. The minimum absolute atomic E-state index is 0.0377. The number of fused-ring (bicyclic) bond motifs is 8. The summed E-state index contributed by atoms with van der Waals surface area (Å²) in [5.41, 5.74) is 1.28. The Morgan fingerprint density at radius 1 is 1.19 bits per heavy atom. The molecular weight excluding hydrogens is 550 g/mol. The maximum Gasteiger partial charge on any atom is 0.277 e. The molecule has 2 bridgehead atoms. The predicted molar refractivity (Wildman–Crippen MR) is 143 cm³/mol. The van der Waals surface area contributed by atoms with Crippen molar-refractivity contribution in [3.63, 3.8) is 0 Å². The number of Topliss-reactive ketones (excluding diaryl/α,β-unsaturated/α-hetero) is 1. The van der Waals surface area contributed by atoms with Gasteiger partial charge in [0.05, 0.1) is 37.9 Å². The molecule has 5 aliphatic heterocycles. The molecule has 4 saturated heterocycles. The number of hydrogen-bond acceptors (Lipinski definition) is 11. The number of ketones is 1. The number of nitrogens with one attached hydrogen (secondary N) is 1. The second kappa shape index (κ2) is 8.77. The van der Waals surface area contributed by atoms with Gasteiger partial charge in [-0.3, -0.25) is 9.59 Å². The lowest BCUT2D eigenvalue weighted by Gasteiger charge is -2.50. The van der Waals surface area contributed by atoms with E-state index in [0.29, 0.717) is 72.4 Å². The monoisotopic (exact) mass is 583 g/mol. The highest BCUT2D eigenvalue weighted by atomic mass is 16.9. The summed E-state index contributed by atoms with van der Waals surface area (Å²) in [7, 11) is 3.10. The fourth-order valence-electron chi connectivity index (χ4n) is 7.78. The fraction of sp³-hybridized carbons (Fsp3) is 0.600. The van der Waals surface area contributed by atoms with Crippen LogP contribution in [0.15, 0.2) is 6.07 Å². The number of methoxy groups -OCH3 is 2. The van der Waals surface area contributed by atoms with E-state index in [1.165, 1.54) is 14.0 Å². The fourth-order valence-corrected chi connectivity index (χ4v) is 7.78. The van der Waals surface area contributed by atoms with Crippen molar-refractivity contribution in [1.82, 2.24) is 5.32 Å². The zero-order valence-electron chi connectivity index (χ0n) is 23.9. The van der Waals surface area contributed by atoms with E-state index in [1.807, 2.05) is 13.0 Å². The van der Waals surface area contributed by atoms with Gasteiger partial charge in [-0.1, -0.05) is 0 Å². The average molecular weight is 584 g/mol. The van der Waals surface area contributed by atoms with Gasteiger partial charge in [0.25, 0.3) is 11.6 Å². The summed E-state index contributed by atoms with van der Waals surface area (Å²) in [6.45, 7) is 4.66. The van der Waals surface area contributed by atoms with Gasteiger partial charge in [-0.2, -0.15) is 0 Å². The molecule has 6 aliphatic rings. The van der Waals surface area contributed by atoms with Crippen LogP contribution in [0.5, 0.6) is 17.2 Å². The second-order valence-electron chi connectivity index (χ2n) is 12.0. The minimum Gasteiger partial charge on any atom is -0.506 e. The van der Waals surface area contributed by atoms with E-state index in [4.69, 9.17) is 37.9 Å². The van der Waals surface area contributed by atoms with Crippen LogP contribution in [0, 0.1) is 12.8 Å². The van der Waals surface area contributed by atoms with Crippen LogP contribution in [0.1, 0.15) is 52.9 Å². The smallest absolute Gasteiger partial charge is 0.277 e.